The number of piperazine rings is 1. The fourth-order valence-corrected chi connectivity index (χ4v) is 5.02. The molecule has 0 spiro atoms. The van der Waals surface area contributed by atoms with Crippen LogP contribution < -0.4 is 25.9 Å². The van der Waals surface area contributed by atoms with Gasteiger partial charge in [-0.1, -0.05) is 29.8 Å². The summed E-state index contributed by atoms with van der Waals surface area (Å²) < 4.78 is 7.85. The normalized spacial score (nSPS) is 15.8. The Labute approximate surface area is 208 Å². The minimum absolute atomic E-state index is 0.401. The Bertz CT molecular complexity index is 1430. The molecule has 0 bridgehead atoms. The van der Waals surface area contributed by atoms with Crippen molar-refractivity contribution in [2.24, 2.45) is 4.99 Å². The van der Waals surface area contributed by atoms with Crippen LogP contribution in [0.1, 0.15) is 0 Å². The summed E-state index contributed by atoms with van der Waals surface area (Å²) in [5, 5.41) is 7.59. The zero-order chi connectivity index (χ0) is 23.8. The van der Waals surface area contributed by atoms with Crippen molar-refractivity contribution in [2.45, 2.75) is 6.54 Å². The third-order valence-electron chi connectivity index (χ3n) is 6.52. The average Bonchev–Trinajstić information content (AvgIpc) is 3.40. The highest BCUT2D eigenvalue weighted by molar-refractivity contribution is 6.33. The average molecular weight is 488 g/mol. The van der Waals surface area contributed by atoms with Crippen LogP contribution in [-0.2, 0) is 6.54 Å². The molecule has 0 atom stereocenters. The number of halogens is 1. The molecule has 1 saturated heterocycles. The SMILES string of the molecule is COc1cc(N2CCNCC2)ccc1N=c1ncc2cc(-c3ccccc3Cl)c3n(c-2n1)CCN3. The summed E-state index contributed by atoms with van der Waals surface area (Å²) in [6.45, 7) is 5.54. The Morgan fingerprint density at radius 1 is 1.00 bits per heavy atom. The summed E-state index contributed by atoms with van der Waals surface area (Å²) in [5.41, 5.74) is 5.20. The Morgan fingerprint density at radius 3 is 2.69 bits per heavy atom. The number of nitrogens with zero attached hydrogens (tertiary/aromatic N) is 5. The van der Waals surface area contributed by atoms with Crippen LogP contribution in [0.5, 0.6) is 5.75 Å². The predicted molar refractivity (Wildman–Crippen MR) is 139 cm³/mol. The summed E-state index contributed by atoms with van der Waals surface area (Å²) in [7, 11) is 1.67. The number of methoxy groups -OCH3 is 1. The van der Waals surface area contributed by atoms with Gasteiger partial charge >= 0.3 is 0 Å². The largest absolute Gasteiger partial charge is 0.494 e. The van der Waals surface area contributed by atoms with E-state index in [1.54, 1.807) is 7.11 Å². The van der Waals surface area contributed by atoms with Gasteiger partial charge in [0, 0.05) is 78.9 Å². The number of aromatic nitrogens is 3. The molecule has 35 heavy (non-hydrogen) atoms. The molecule has 2 aromatic rings. The molecule has 0 radical (unpaired) electrons. The van der Waals surface area contributed by atoms with Gasteiger partial charge in [0.2, 0.25) is 0 Å². The maximum absolute atomic E-state index is 6.52. The van der Waals surface area contributed by atoms with E-state index in [1.165, 1.54) is 0 Å². The van der Waals surface area contributed by atoms with Crippen molar-refractivity contribution >= 4 is 28.8 Å². The molecule has 0 unspecified atom stereocenters. The fourth-order valence-electron chi connectivity index (χ4n) is 4.79. The molecule has 9 heteroatoms. The van der Waals surface area contributed by atoms with E-state index < -0.39 is 0 Å². The molecule has 0 aliphatic carbocycles. The monoisotopic (exact) mass is 487 g/mol. The van der Waals surface area contributed by atoms with E-state index in [-0.39, 0.29) is 0 Å². The third kappa shape index (κ3) is 4.09. The zero-order valence-electron chi connectivity index (χ0n) is 19.5. The van der Waals surface area contributed by atoms with Gasteiger partial charge in [0.25, 0.3) is 5.62 Å². The first-order valence-corrected chi connectivity index (χ1v) is 12.2. The minimum Gasteiger partial charge on any atom is -0.494 e. The van der Waals surface area contributed by atoms with Crippen molar-refractivity contribution in [3.05, 3.63) is 65.4 Å². The first-order chi connectivity index (χ1) is 17.2. The lowest BCUT2D eigenvalue weighted by atomic mass is 10.0. The molecule has 8 nitrogen and oxygen atoms in total. The minimum atomic E-state index is 0.401. The standard InChI is InChI=1S/C26H26ClN7O/c1-35-23-15-18(33-11-8-28-9-12-33)6-7-22(23)31-26-30-16-17-14-20(19-4-2-3-5-21(19)27)25-29-10-13-34(25)24(17)32-26/h2-7,14-16,28-29H,8-13H2,1H3. The highest BCUT2D eigenvalue weighted by Gasteiger charge is 2.23. The third-order valence-corrected chi connectivity index (χ3v) is 6.85. The number of nitrogens with one attached hydrogen (secondary N) is 2. The summed E-state index contributed by atoms with van der Waals surface area (Å²) in [6, 6.07) is 16.1. The number of hydrogen-bond donors (Lipinski definition) is 2. The van der Waals surface area contributed by atoms with Crippen LogP contribution in [0.3, 0.4) is 0 Å². The number of anilines is 2. The molecule has 0 saturated carbocycles. The molecular formula is C26H26ClN7O. The number of benzene rings is 2. The molecule has 0 aromatic heterocycles. The van der Waals surface area contributed by atoms with Gasteiger partial charge in [-0.05, 0) is 24.3 Å². The van der Waals surface area contributed by atoms with Crippen LogP contribution in [0.2, 0.25) is 5.02 Å². The van der Waals surface area contributed by atoms with Gasteiger partial charge in [-0.2, -0.15) is 4.98 Å². The van der Waals surface area contributed by atoms with E-state index in [0.717, 1.165) is 73.3 Å². The summed E-state index contributed by atoms with van der Waals surface area (Å²) in [6.07, 6.45) is 1.83. The maximum Gasteiger partial charge on any atom is 0.252 e. The first-order valence-electron chi connectivity index (χ1n) is 11.8. The molecule has 178 valence electrons. The molecule has 2 N–H and O–H groups in total. The van der Waals surface area contributed by atoms with Gasteiger partial charge in [-0.25, -0.2) is 9.98 Å². The topological polar surface area (TPSA) is 79.6 Å². The van der Waals surface area contributed by atoms with Gasteiger partial charge in [0.1, 0.15) is 23.1 Å². The molecular weight excluding hydrogens is 462 g/mol. The van der Waals surface area contributed by atoms with Gasteiger partial charge in [0.05, 0.1) is 7.11 Å². The Morgan fingerprint density at radius 2 is 1.86 bits per heavy atom. The zero-order valence-corrected chi connectivity index (χ0v) is 20.2. The van der Waals surface area contributed by atoms with Crippen molar-refractivity contribution in [2.75, 3.05) is 50.1 Å². The Kier molecular flexibility index (Phi) is 5.75. The molecule has 4 heterocycles. The summed E-state index contributed by atoms with van der Waals surface area (Å²) >= 11 is 6.52. The van der Waals surface area contributed by atoms with Crippen molar-refractivity contribution in [3.8, 4) is 28.3 Å². The number of pyridine rings is 1. The van der Waals surface area contributed by atoms with E-state index in [4.69, 9.17) is 26.3 Å². The molecule has 4 aliphatic heterocycles. The van der Waals surface area contributed by atoms with Gasteiger partial charge in [-0.15, -0.1) is 0 Å². The van der Waals surface area contributed by atoms with E-state index in [0.29, 0.717) is 22.1 Å². The number of fused-ring (bicyclic) bond motifs is 3. The number of rotatable bonds is 4. The first kappa shape index (κ1) is 21.9. The van der Waals surface area contributed by atoms with Crippen LogP contribution >= 0.6 is 11.6 Å². The van der Waals surface area contributed by atoms with Crippen LogP contribution in [0.15, 0.2) is 59.7 Å². The van der Waals surface area contributed by atoms with Crippen molar-refractivity contribution in [1.29, 1.82) is 0 Å². The molecule has 2 aromatic carbocycles. The summed E-state index contributed by atoms with van der Waals surface area (Å²) in [4.78, 5) is 16.5. The smallest absolute Gasteiger partial charge is 0.252 e. The fraction of sp³-hybridized carbons (Fsp3) is 0.269. The lowest BCUT2D eigenvalue weighted by molar-refractivity contribution is 0.415. The number of ether oxygens (including phenoxy) is 1. The Balaban J connectivity index is 1.42. The van der Waals surface area contributed by atoms with E-state index >= 15 is 0 Å². The van der Waals surface area contributed by atoms with Gasteiger partial charge in [-0.3, -0.25) is 0 Å². The molecule has 1 fully saturated rings. The predicted octanol–water partition coefficient (Wildman–Crippen LogP) is 3.78. The quantitative estimate of drug-likeness (QED) is 0.456. The van der Waals surface area contributed by atoms with Crippen molar-refractivity contribution in [3.63, 3.8) is 0 Å². The van der Waals surface area contributed by atoms with Crippen LogP contribution in [0, 0.1) is 0 Å². The molecule has 0 amide bonds. The highest BCUT2D eigenvalue weighted by Crippen LogP contribution is 2.39. The van der Waals surface area contributed by atoms with Crippen LogP contribution in [0.4, 0.5) is 17.2 Å². The lowest BCUT2D eigenvalue weighted by Gasteiger charge is -2.29. The van der Waals surface area contributed by atoms with E-state index in [9.17, 15) is 0 Å². The lowest BCUT2D eigenvalue weighted by Crippen LogP contribution is -2.43. The van der Waals surface area contributed by atoms with Gasteiger partial charge < -0.3 is 24.8 Å². The molecule has 6 rings (SSSR count). The van der Waals surface area contributed by atoms with Crippen molar-refractivity contribution < 1.29 is 4.74 Å². The van der Waals surface area contributed by atoms with E-state index in [2.05, 4.69) is 37.2 Å². The van der Waals surface area contributed by atoms with Gasteiger partial charge in [0.15, 0.2) is 0 Å². The maximum atomic E-state index is 6.52. The highest BCUT2D eigenvalue weighted by atomic mass is 35.5. The molecule has 4 aliphatic rings. The second-order valence-electron chi connectivity index (χ2n) is 8.62. The van der Waals surface area contributed by atoms with Crippen molar-refractivity contribution in [1.82, 2.24) is 19.9 Å². The second kappa shape index (κ2) is 9.20. The van der Waals surface area contributed by atoms with Crippen LogP contribution in [0.25, 0.3) is 22.5 Å². The second-order valence-corrected chi connectivity index (χ2v) is 9.03. The number of hydrogen-bond acceptors (Lipinski definition) is 7. The Hall–Kier alpha value is -3.62. The van der Waals surface area contributed by atoms with Crippen LogP contribution in [-0.4, -0.2) is 54.4 Å². The van der Waals surface area contributed by atoms with E-state index in [1.807, 2.05) is 42.6 Å². The summed E-state index contributed by atoms with van der Waals surface area (Å²) in [5.74, 6) is 2.55.